The molecule has 0 fully saturated rings. The largest absolute Gasteiger partial charge is 0.309 e. The van der Waals surface area contributed by atoms with Gasteiger partial charge in [0, 0.05) is 12.4 Å². The zero-order chi connectivity index (χ0) is 12.8. The average molecular weight is 240 g/mol. The van der Waals surface area contributed by atoms with E-state index in [1.165, 1.54) is 23.1 Å². The van der Waals surface area contributed by atoms with Gasteiger partial charge in [0.1, 0.15) is 0 Å². The van der Waals surface area contributed by atoms with E-state index in [4.69, 9.17) is 0 Å². The van der Waals surface area contributed by atoms with Crippen LogP contribution in [0.4, 0.5) is 0 Å². The normalized spacial score (nSPS) is 12.3. The number of benzene rings is 1. The van der Waals surface area contributed by atoms with Gasteiger partial charge < -0.3 is 5.32 Å². The smallest absolute Gasteiger partial charge is 0.0575 e. The molecule has 1 N–H and O–H groups in total. The third-order valence-electron chi connectivity index (χ3n) is 3.18. The quantitative estimate of drug-likeness (QED) is 0.867. The Hall–Kier alpha value is -1.67. The molecule has 0 aliphatic rings. The number of hydrogen-bond donors (Lipinski definition) is 1. The van der Waals surface area contributed by atoms with Crippen LogP contribution in [0.15, 0.2) is 48.8 Å². The molecule has 1 aromatic carbocycles. The van der Waals surface area contributed by atoms with Crippen molar-refractivity contribution in [1.82, 2.24) is 10.3 Å². The first-order chi connectivity index (χ1) is 8.85. The molecule has 2 aromatic rings. The molecule has 1 heterocycles. The maximum absolute atomic E-state index is 4.07. The fourth-order valence-corrected chi connectivity index (χ4v) is 2.25. The van der Waals surface area contributed by atoms with Gasteiger partial charge in [-0.2, -0.15) is 0 Å². The molecule has 2 nitrogen and oxygen atoms in total. The molecule has 1 unspecified atom stereocenters. The molecule has 0 amide bonds. The predicted molar refractivity (Wildman–Crippen MR) is 75.6 cm³/mol. The van der Waals surface area contributed by atoms with E-state index in [0.29, 0.717) is 0 Å². The minimum absolute atomic E-state index is 0.240. The number of nitrogens with zero attached hydrogens (tertiary/aromatic N) is 1. The van der Waals surface area contributed by atoms with Crippen LogP contribution < -0.4 is 5.32 Å². The van der Waals surface area contributed by atoms with Gasteiger partial charge in [0.05, 0.1) is 6.04 Å². The van der Waals surface area contributed by atoms with Crippen molar-refractivity contribution in [3.63, 3.8) is 0 Å². The number of aryl methyl sites for hydroxylation is 1. The summed E-state index contributed by atoms with van der Waals surface area (Å²) in [5, 5.41) is 3.36. The average Bonchev–Trinajstić information content (AvgIpc) is 2.43. The molecule has 1 atom stereocenters. The van der Waals surface area contributed by atoms with E-state index in [1.54, 1.807) is 0 Å². The van der Waals surface area contributed by atoms with Gasteiger partial charge in [0.15, 0.2) is 0 Å². The van der Waals surface area contributed by atoms with Crippen molar-refractivity contribution in [2.24, 2.45) is 0 Å². The molecular weight excluding hydrogens is 220 g/mol. The highest BCUT2D eigenvalue weighted by molar-refractivity contribution is 5.32. The van der Waals surface area contributed by atoms with E-state index < -0.39 is 0 Å². The molecule has 1 aromatic heterocycles. The fraction of sp³-hybridized carbons (Fsp3) is 0.312. The minimum Gasteiger partial charge on any atom is -0.309 e. The highest BCUT2D eigenvalue weighted by atomic mass is 14.9. The van der Waals surface area contributed by atoms with Crippen LogP contribution in [-0.2, 0) is 6.42 Å². The van der Waals surface area contributed by atoms with E-state index in [2.05, 4.69) is 53.6 Å². The van der Waals surface area contributed by atoms with Crippen LogP contribution in [0.2, 0.25) is 0 Å². The lowest BCUT2D eigenvalue weighted by molar-refractivity contribution is 0.690. The summed E-state index contributed by atoms with van der Waals surface area (Å²) in [6.07, 6.45) is 6.02. The van der Waals surface area contributed by atoms with E-state index in [-0.39, 0.29) is 6.04 Å². The molecule has 0 saturated heterocycles. The van der Waals surface area contributed by atoms with Gasteiger partial charge in [-0.3, -0.25) is 4.98 Å². The topological polar surface area (TPSA) is 24.9 Å². The summed E-state index contributed by atoms with van der Waals surface area (Å²) >= 11 is 0. The first kappa shape index (κ1) is 12.8. The molecule has 0 aliphatic carbocycles. The number of hydrogen-bond acceptors (Lipinski definition) is 2. The first-order valence-electron chi connectivity index (χ1n) is 6.51. The van der Waals surface area contributed by atoms with E-state index in [1.807, 2.05) is 19.4 Å². The van der Waals surface area contributed by atoms with Crippen molar-refractivity contribution in [3.05, 3.63) is 65.5 Å². The van der Waals surface area contributed by atoms with Gasteiger partial charge in [-0.15, -0.1) is 0 Å². The predicted octanol–water partition coefficient (Wildman–Crippen LogP) is 3.34. The number of rotatable bonds is 5. The Morgan fingerprint density at radius 3 is 2.17 bits per heavy atom. The third-order valence-corrected chi connectivity index (χ3v) is 3.18. The monoisotopic (exact) mass is 240 g/mol. The summed E-state index contributed by atoms with van der Waals surface area (Å²) in [6, 6.07) is 13.2. The van der Waals surface area contributed by atoms with Gasteiger partial charge in [-0.25, -0.2) is 0 Å². The summed E-state index contributed by atoms with van der Waals surface area (Å²) in [5.41, 5.74) is 3.95. The molecule has 2 rings (SSSR count). The molecule has 94 valence electrons. The molecule has 0 radical (unpaired) electrons. The van der Waals surface area contributed by atoms with Crippen LogP contribution in [0, 0.1) is 0 Å². The van der Waals surface area contributed by atoms with Crippen molar-refractivity contribution in [1.29, 1.82) is 0 Å². The van der Waals surface area contributed by atoms with Crippen LogP contribution >= 0.6 is 0 Å². The van der Waals surface area contributed by atoms with Gasteiger partial charge in [-0.05, 0) is 42.3 Å². The summed E-state index contributed by atoms with van der Waals surface area (Å²) in [4.78, 5) is 4.07. The lowest BCUT2D eigenvalue weighted by Gasteiger charge is -2.17. The maximum Gasteiger partial charge on any atom is 0.0575 e. The van der Waals surface area contributed by atoms with Gasteiger partial charge in [0.25, 0.3) is 0 Å². The summed E-state index contributed by atoms with van der Waals surface area (Å²) < 4.78 is 0. The Bertz CT molecular complexity index is 462. The molecule has 0 saturated carbocycles. The molecule has 0 bridgehead atoms. The molecule has 0 spiro atoms. The minimum atomic E-state index is 0.240. The third kappa shape index (κ3) is 2.96. The Kier molecular flexibility index (Phi) is 4.48. The SMILES string of the molecule is CCCc1ccc(C(NC)c2ccncc2)cc1. The van der Waals surface area contributed by atoms with Crippen LogP contribution in [0.5, 0.6) is 0 Å². The second-order valence-electron chi connectivity index (χ2n) is 4.49. The highest BCUT2D eigenvalue weighted by Crippen LogP contribution is 2.21. The maximum atomic E-state index is 4.07. The van der Waals surface area contributed by atoms with Crippen molar-refractivity contribution in [3.8, 4) is 0 Å². The second-order valence-corrected chi connectivity index (χ2v) is 4.49. The molecular formula is C16H20N2. The van der Waals surface area contributed by atoms with Crippen molar-refractivity contribution < 1.29 is 0 Å². The number of pyridine rings is 1. The second kappa shape index (κ2) is 6.31. The summed E-state index contributed by atoms with van der Waals surface area (Å²) in [7, 11) is 1.99. The van der Waals surface area contributed by atoms with Gasteiger partial charge >= 0.3 is 0 Å². The van der Waals surface area contributed by atoms with Gasteiger partial charge in [-0.1, -0.05) is 37.6 Å². The number of nitrogens with one attached hydrogen (secondary N) is 1. The molecule has 0 aliphatic heterocycles. The standard InChI is InChI=1S/C16H20N2/c1-3-4-13-5-7-14(8-6-13)16(17-2)15-9-11-18-12-10-15/h5-12,16-17H,3-4H2,1-2H3. The Morgan fingerprint density at radius 2 is 1.61 bits per heavy atom. The van der Waals surface area contributed by atoms with Crippen LogP contribution in [0.3, 0.4) is 0 Å². The van der Waals surface area contributed by atoms with E-state index >= 15 is 0 Å². The summed E-state index contributed by atoms with van der Waals surface area (Å²) in [5.74, 6) is 0. The Morgan fingerprint density at radius 1 is 1.00 bits per heavy atom. The lowest BCUT2D eigenvalue weighted by atomic mass is 9.98. The van der Waals surface area contributed by atoms with Gasteiger partial charge in [0.2, 0.25) is 0 Å². The Labute approximate surface area is 109 Å². The highest BCUT2D eigenvalue weighted by Gasteiger charge is 2.10. The van der Waals surface area contributed by atoms with Crippen LogP contribution in [-0.4, -0.2) is 12.0 Å². The lowest BCUT2D eigenvalue weighted by Crippen LogP contribution is -2.17. The molecule has 18 heavy (non-hydrogen) atoms. The van der Waals surface area contributed by atoms with Crippen LogP contribution in [0.1, 0.15) is 36.1 Å². The Balaban J connectivity index is 2.23. The van der Waals surface area contributed by atoms with Crippen molar-refractivity contribution in [2.45, 2.75) is 25.8 Å². The summed E-state index contributed by atoms with van der Waals surface area (Å²) in [6.45, 7) is 2.21. The fourth-order valence-electron chi connectivity index (χ4n) is 2.25. The van der Waals surface area contributed by atoms with Crippen LogP contribution in [0.25, 0.3) is 0 Å². The zero-order valence-corrected chi connectivity index (χ0v) is 11.1. The molecule has 2 heteroatoms. The number of aromatic nitrogens is 1. The zero-order valence-electron chi connectivity index (χ0n) is 11.1. The van der Waals surface area contributed by atoms with E-state index in [9.17, 15) is 0 Å². The van der Waals surface area contributed by atoms with E-state index in [0.717, 1.165) is 6.42 Å². The van der Waals surface area contributed by atoms with Crippen molar-refractivity contribution >= 4 is 0 Å². The van der Waals surface area contributed by atoms with Crippen molar-refractivity contribution in [2.75, 3.05) is 7.05 Å². The first-order valence-corrected chi connectivity index (χ1v) is 6.51.